The third-order valence-corrected chi connectivity index (χ3v) is 5.57. The molecule has 0 spiro atoms. The summed E-state index contributed by atoms with van der Waals surface area (Å²) >= 11 is 0. The van der Waals surface area contributed by atoms with Crippen LogP contribution in [0.15, 0.2) is 64.8 Å². The van der Waals surface area contributed by atoms with Crippen LogP contribution in [0, 0.1) is 5.92 Å². The quantitative estimate of drug-likeness (QED) is 0.664. The largest absolute Gasteiger partial charge is 0.318 e. The van der Waals surface area contributed by atoms with Crippen LogP contribution in [0.2, 0.25) is 0 Å². The number of pyridine rings is 2. The summed E-state index contributed by atoms with van der Waals surface area (Å²) in [5.74, 6) is 0.470. The molecule has 3 aromatic rings. The summed E-state index contributed by atoms with van der Waals surface area (Å²) in [5.41, 5.74) is 2.73. The first-order valence-electron chi connectivity index (χ1n) is 9.93. The van der Waals surface area contributed by atoms with Crippen molar-refractivity contribution in [3.05, 3.63) is 81.5 Å². The summed E-state index contributed by atoms with van der Waals surface area (Å²) in [7, 11) is 1.78. The highest BCUT2D eigenvalue weighted by Gasteiger charge is 2.20. The average Bonchev–Trinajstić information content (AvgIpc) is 2.74. The first-order chi connectivity index (χ1) is 14.1. The van der Waals surface area contributed by atoms with Crippen LogP contribution in [-0.4, -0.2) is 37.1 Å². The van der Waals surface area contributed by atoms with E-state index in [2.05, 4.69) is 14.9 Å². The van der Waals surface area contributed by atoms with Crippen molar-refractivity contribution in [3.63, 3.8) is 0 Å². The molecule has 0 atom stereocenters. The molecule has 7 nitrogen and oxygen atoms in total. The predicted molar refractivity (Wildman–Crippen MR) is 111 cm³/mol. The molecule has 4 heterocycles. The minimum absolute atomic E-state index is 0.0144. The molecule has 0 N–H and O–H groups in total. The maximum Gasteiger partial charge on any atom is 0.253 e. The van der Waals surface area contributed by atoms with E-state index in [1.807, 2.05) is 24.4 Å². The van der Waals surface area contributed by atoms with E-state index >= 15 is 0 Å². The molecule has 7 heteroatoms. The van der Waals surface area contributed by atoms with Crippen LogP contribution in [0.3, 0.4) is 0 Å². The van der Waals surface area contributed by atoms with E-state index in [4.69, 9.17) is 0 Å². The van der Waals surface area contributed by atoms with Crippen molar-refractivity contribution in [1.29, 1.82) is 0 Å². The number of hydrogen-bond acceptors (Lipinski definition) is 5. The Bertz CT molecular complexity index is 1080. The van der Waals surface area contributed by atoms with Gasteiger partial charge < -0.3 is 4.57 Å². The van der Waals surface area contributed by atoms with Crippen molar-refractivity contribution in [2.45, 2.75) is 25.9 Å². The molecule has 0 unspecified atom stereocenters. The monoisotopic (exact) mass is 391 g/mol. The summed E-state index contributed by atoms with van der Waals surface area (Å²) in [5, 5.41) is 0. The molecular weight excluding hydrogens is 366 g/mol. The molecular formula is C22H25N5O2. The molecule has 1 fully saturated rings. The maximum atomic E-state index is 12.5. The summed E-state index contributed by atoms with van der Waals surface area (Å²) in [6.07, 6.45) is 9.06. The standard InChI is InChI=1S/C22H25N5O2/c1-25-13-18(2-3-21(25)28)14-26-10-6-17(7-11-26)15-27-16-24-20(12-22(27)29)19-4-8-23-9-5-19/h2-5,8-9,12-13,16-17H,6-7,10-11,14-15H2,1H3. The summed E-state index contributed by atoms with van der Waals surface area (Å²) < 4.78 is 3.34. The van der Waals surface area contributed by atoms with Crippen LogP contribution in [0.25, 0.3) is 11.3 Å². The number of likely N-dealkylation sites (tertiary alicyclic amines) is 1. The molecule has 0 aromatic carbocycles. The maximum absolute atomic E-state index is 12.5. The van der Waals surface area contributed by atoms with Crippen molar-refractivity contribution in [1.82, 2.24) is 24.0 Å². The number of aryl methyl sites for hydroxylation is 1. The lowest BCUT2D eigenvalue weighted by Gasteiger charge is -2.32. The fourth-order valence-corrected chi connectivity index (χ4v) is 3.85. The van der Waals surface area contributed by atoms with Gasteiger partial charge in [-0.1, -0.05) is 6.07 Å². The SMILES string of the molecule is Cn1cc(CN2CCC(Cn3cnc(-c4ccncc4)cc3=O)CC2)ccc1=O. The zero-order valence-corrected chi connectivity index (χ0v) is 16.6. The van der Waals surface area contributed by atoms with Gasteiger partial charge in [-0.05, 0) is 49.5 Å². The molecule has 0 aliphatic carbocycles. The van der Waals surface area contributed by atoms with Gasteiger partial charge in [0.05, 0.1) is 12.0 Å². The van der Waals surface area contributed by atoms with Crippen LogP contribution in [0.5, 0.6) is 0 Å². The van der Waals surface area contributed by atoms with Crippen molar-refractivity contribution >= 4 is 0 Å². The van der Waals surface area contributed by atoms with Crippen molar-refractivity contribution < 1.29 is 0 Å². The minimum atomic E-state index is -0.0144. The molecule has 1 saturated heterocycles. The minimum Gasteiger partial charge on any atom is -0.318 e. The summed E-state index contributed by atoms with van der Waals surface area (Å²) in [6, 6.07) is 8.84. The predicted octanol–water partition coefficient (Wildman–Crippen LogP) is 1.92. The fourth-order valence-electron chi connectivity index (χ4n) is 3.85. The smallest absolute Gasteiger partial charge is 0.253 e. The summed E-state index contributed by atoms with van der Waals surface area (Å²) in [6.45, 7) is 3.54. The van der Waals surface area contributed by atoms with Gasteiger partial charge in [-0.2, -0.15) is 0 Å². The number of hydrogen-bond donors (Lipinski definition) is 0. The van der Waals surface area contributed by atoms with Gasteiger partial charge >= 0.3 is 0 Å². The lowest BCUT2D eigenvalue weighted by Crippen LogP contribution is -2.36. The molecule has 0 saturated carbocycles. The summed E-state index contributed by atoms with van der Waals surface area (Å²) in [4.78, 5) is 34.9. The lowest BCUT2D eigenvalue weighted by atomic mass is 9.96. The first kappa shape index (κ1) is 19.3. The van der Waals surface area contributed by atoms with Crippen LogP contribution in [-0.2, 0) is 20.1 Å². The molecule has 0 radical (unpaired) electrons. The van der Waals surface area contributed by atoms with Crippen molar-refractivity contribution in [2.24, 2.45) is 13.0 Å². The Morgan fingerprint density at radius 1 is 1.03 bits per heavy atom. The highest BCUT2D eigenvalue weighted by atomic mass is 16.1. The average molecular weight is 391 g/mol. The molecule has 150 valence electrons. The topological polar surface area (TPSA) is 73.0 Å². The first-order valence-corrected chi connectivity index (χ1v) is 9.93. The Kier molecular flexibility index (Phi) is 5.67. The normalized spacial score (nSPS) is 15.5. The van der Waals surface area contributed by atoms with Crippen LogP contribution in [0.4, 0.5) is 0 Å². The number of piperidine rings is 1. The Morgan fingerprint density at radius 2 is 1.79 bits per heavy atom. The zero-order chi connectivity index (χ0) is 20.2. The molecule has 1 aliphatic rings. The van der Waals surface area contributed by atoms with Crippen molar-refractivity contribution in [3.8, 4) is 11.3 Å². The van der Waals surface area contributed by atoms with Gasteiger partial charge in [0.2, 0.25) is 5.56 Å². The Labute approximate surface area is 169 Å². The van der Waals surface area contributed by atoms with Gasteiger partial charge in [0.25, 0.3) is 5.56 Å². The second kappa shape index (κ2) is 8.53. The van der Waals surface area contributed by atoms with Gasteiger partial charge in [-0.3, -0.25) is 24.0 Å². The number of nitrogens with zero attached hydrogens (tertiary/aromatic N) is 5. The molecule has 4 rings (SSSR count). The number of aromatic nitrogens is 4. The number of rotatable bonds is 5. The van der Waals surface area contributed by atoms with E-state index in [0.29, 0.717) is 18.2 Å². The Morgan fingerprint density at radius 3 is 2.48 bits per heavy atom. The van der Waals surface area contributed by atoms with Crippen LogP contribution < -0.4 is 11.1 Å². The molecule has 1 aliphatic heterocycles. The lowest BCUT2D eigenvalue weighted by molar-refractivity contribution is 0.166. The second-order valence-corrected chi connectivity index (χ2v) is 7.71. The fraction of sp³-hybridized carbons (Fsp3) is 0.364. The third kappa shape index (κ3) is 4.68. The van der Waals surface area contributed by atoms with E-state index in [-0.39, 0.29) is 11.1 Å². The van der Waals surface area contributed by atoms with E-state index in [9.17, 15) is 9.59 Å². The van der Waals surface area contributed by atoms with Crippen LogP contribution in [0.1, 0.15) is 18.4 Å². The van der Waals surface area contributed by atoms with E-state index < -0.39 is 0 Å². The zero-order valence-electron chi connectivity index (χ0n) is 16.6. The highest BCUT2D eigenvalue weighted by molar-refractivity contribution is 5.57. The van der Waals surface area contributed by atoms with Gasteiger partial charge in [0.15, 0.2) is 0 Å². The van der Waals surface area contributed by atoms with Gasteiger partial charge in [0.1, 0.15) is 0 Å². The highest BCUT2D eigenvalue weighted by Crippen LogP contribution is 2.20. The van der Waals surface area contributed by atoms with Crippen molar-refractivity contribution in [2.75, 3.05) is 13.1 Å². The Balaban J connectivity index is 1.34. The van der Waals surface area contributed by atoms with Gasteiger partial charge in [-0.15, -0.1) is 0 Å². The van der Waals surface area contributed by atoms with Gasteiger partial charge in [0, 0.05) is 56.4 Å². The van der Waals surface area contributed by atoms with Crippen LogP contribution >= 0.6 is 0 Å². The Hall–Kier alpha value is -3.06. The van der Waals surface area contributed by atoms with E-state index in [1.54, 1.807) is 47.0 Å². The third-order valence-electron chi connectivity index (χ3n) is 5.57. The van der Waals surface area contributed by atoms with Gasteiger partial charge in [-0.25, -0.2) is 4.98 Å². The molecule has 0 amide bonds. The second-order valence-electron chi connectivity index (χ2n) is 7.71. The van der Waals surface area contributed by atoms with E-state index in [0.717, 1.165) is 43.6 Å². The van der Waals surface area contributed by atoms with E-state index in [1.165, 1.54) is 0 Å². The molecule has 29 heavy (non-hydrogen) atoms. The molecule has 0 bridgehead atoms. The molecule has 3 aromatic heterocycles.